The summed E-state index contributed by atoms with van der Waals surface area (Å²) < 4.78 is 0. The van der Waals surface area contributed by atoms with Crippen molar-refractivity contribution in [1.29, 1.82) is 0 Å². The number of halogens is 1. The first-order valence-corrected chi connectivity index (χ1v) is 6.00. The van der Waals surface area contributed by atoms with Crippen molar-refractivity contribution in [2.24, 2.45) is 0 Å². The quantitative estimate of drug-likeness (QED) is 0.706. The molecule has 2 N–H and O–H groups in total. The summed E-state index contributed by atoms with van der Waals surface area (Å²) in [5.74, 6) is -1.99. The van der Waals surface area contributed by atoms with Crippen LogP contribution in [0.4, 0.5) is 0 Å². The predicted octanol–water partition coefficient (Wildman–Crippen LogP) is 3.81. The fraction of sp³-hybridized carbons (Fsp3) is 0. The van der Waals surface area contributed by atoms with Gasteiger partial charge in [-0.15, -0.1) is 12.4 Å². The Bertz CT molecular complexity index is 797. The van der Waals surface area contributed by atoms with Crippen LogP contribution in [-0.4, -0.2) is 22.2 Å². The Morgan fingerprint density at radius 1 is 0.714 bits per heavy atom. The third-order valence-corrected chi connectivity index (χ3v) is 3.34. The third kappa shape index (κ3) is 2.41. The number of benzene rings is 3. The molecule has 3 rings (SSSR count). The van der Waals surface area contributed by atoms with Crippen molar-refractivity contribution in [2.45, 2.75) is 0 Å². The first-order valence-electron chi connectivity index (χ1n) is 6.00. The lowest BCUT2D eigenvalue weighted by atomic mass is 9.97. The number of aromatic carboxylic acids is 2. The highest BCUT2D eigenvalue weighted by molar-refractivity contribution is 6.12. The van der Waals surface area contributed by atoms with E-state index in [-0.39, 0.29) is 23.5 Å². The second-order valence-electron chi connectivity index (χ2n) is 4.52. The van der Waals surface area contributed by atoms with Crippen molar-refractivity contribution >= 4 is 45.9 Å². The minimum Gasteiger partial charge on any atom is -0.478 e. The highest BCUT2D eigenvalue weighted by atomic mass is 35.5. The smallest absolute Gasteiger partial charge is 0.336 e. The molecule has 0 aromatic heterocycles. The van der Waals surface area contributed by atoms with Crippen LogP contribution in [0.2, 0.25) is 0 Å². The van der Waals surface area contributed by atoms with Gasteiger partial charge in [0.15, 0.2) is 0 Å². The van der Waals surface area contributed by atoms with Gasteiger partial charge in [-0.25, -0.2) is 9.59 Å². The third-order valence-electron chi connectivity index (χ3n) is 3.34. The second kappa shape index (κ2) is 5.42. The summed E-state index contributed by atoms with van der Waals surface area (Å²) in [6.45, 7) is 0. The van der Waals surface area contributed by atoms with Gasteiger partial charge in [0.2, 0.25) is 0 Å². The van der Waals surface area contributed by atoms with Crippen LogP contribution in [0.3, 0.4) is 0 Å². The lowest BCUT2D eigenvalue weighted by molar-refractivity contribution is 0.0688. The van der Waals surface area contributed by atoms with E-state index in [0.29, 0.717) is 21.5 Å². The summed E-state index contributed by atoms with van der Waals surface area (Å²) in [4.78, 5) is 22.5. The van der Waals surface area contributed by atoms with Crippen molar-refractivity contribution in [3.8, 4) is 0 Å². The molecule has 0 fully saturated rings. The van der Waals surface area contributed by atoms with E-state index in [2.05, 4.69) is 0 Å². The molecule has 0 amide bonds. The van der Waals surface area contributed by atoms with Gasteiger partial charge in [0.25, 0.3) is 0 Å². The van der Waals surface area contributed by atoms with Gasteiger partial charge in [-0.1, -0.05) is 24.3 Å². The Hall–Kier alpha value is -2.59. The minimum atomic E-state index is -0.996. The Morgan fingerprint density at radius 3 is 1.43 bits per heavy atom. The summed E-state index contributed by atoms with van der Waals surface area (Å²) in [5, 5.41) is 21.0. The first kappa shape index (κ1) is 14.8. The SMILES string of the molecule is Cl.O=C(O)c1cccc2cc3c(C(=O)O)cccc3cc12. The number of carboxylic acids is 2. The lowest BCUT2D eigenvalue weighted by Gasteiger charge is -2.07. The van der Waals surface area contributed by atoms with E-state index in [9.17, 15) is 19.8 Å². The highest BCUT2D eigenvalue weighted by Gasteiger charge is 2.12. The van der Waals surface area contributed by atoms with Crippen LogP contribution in [0.1, 0.15) is 20.7 Å². The van der Waals surface area contributed by atoms with Crippen molar-refractivity contribution in [1.82, 2.24) is 0 Å². The summed E-state index contributed by atoms with van der Waals surface area (Å²) in [5.41, 5.74) is 0.426. The second-order valence-corrected chi connectivity index (χ2v) is 4.52. The zero-order valence-electron chi connectivity index (χ0n) is 10.7. The molecule has 3 aromatic rings. The molecule has 0 bridgehead atoms. The summed E-state index contributed by atoms with van der Waals surface area (Å²) in [6, 6.07) is 13.4. The molecule has 0 unspecified atom stereocenters. The van der Waals surface area contributed by atoms with Crippen LogP contribution in [-0.2, 0) is 0 Å². The molecule has 4 nitrogen and oxygen atoms in total. The average molecular weight is 303 g/mol. The van der Waals surface area contributed by atoms with Gasteiger partial charge in [0.1, 0.15) is 0 Å². The van der Waals surface area contributed by atoms with Gasteiger partial charge < -0.3 is 10.2 Å². The highest BCUT2D eigenvalue weighted by Crippen LogP contribution is 2.27. The standard InChI is InChI=1S/C16H10O4.ClH/c17-15(18)11-5-1-3-9-7-14-10(8-13(9)11)4-2-6-12(14)16(19)20;/h1-8H,(H,17,18)(H,19,20);1H. The molecule has 0 spiro atoms. The number of fused-ring (bicyclic) bond motifs is 2. The molecule has 0 saturated carbocycles. The van der Waals surface area contributed by atoms with Crippen LogP contribution < -0.4 is 0 Å². The topological polar surface area (TPSA) is 74.6 Å². The summed E-state index contributed by atoms with van der Waals surface area (Å²) >= 11 is 0. The van der Waals surface area contributed by atoms with Crippen molar-refractivity contribution in [2.75, 3.05) is 0 Å². The number of hydrogen-bond acceptors (Lipinski definition) is 2. The van der Waals surface area contributed by atoms with Crippen LogP contribution in [0.5, 0.6) is 0 Å². The molecule has 0 radical (unpaired) electrons. The van der Waals surface area contributed by atoms with Gasteiger partial charge in [0.05, 0.1) is 11.1 Å². The van der Waals surface area contributed by atoms with Crippen LogP contribution in [0, 0.1) is 0 Å². The number of hydrogen-bond donors (Lipinski definition) is 2. The molecule has 0 aliphatic carbocycles. The molecule has 0 aliphatic heterocycles. The fourth-order valence-corrected chi connectivity index (χ4v) is 2.42. The molecule has 3 aromatic carbocycles. The van der Waals surface area contributed by atoms with E-state index in [1.165, 1.54) is 12.1 Å². The van der Waals surface area contributed by atoms with Gasteiger partial charge in [-0.3, -0.25) is 0 Å². The van der Waals surface area contributed by atoms with Gasteiger partial charge in [-0.2, -0.15) is 0 Å². The molecule has 0 heterocycles. The molecule has 5 heteroatoms. The molecule has 106 valence electrons. The van der Waals surface area contributed by atoms with Gasteiger partial charge in [-0.05, 0) is 45.8 Å². The molecule has 21 heavy (non-hydrogen) atoms. The Balaban J connectivity index is 0.00000161. The van der Waals surface area contributed by atoms with Gasteiger partial charge >= 0.3 is 11.9 Å². The normalized spacial score (nSPS) is 10.3. The van der Waals surface area contributed by atoms with E-state index in [0.717, 1.165) is 0 Å². The average Bonchev–Trinajstić information content (AvgIpc) is 2.43. The van der Waals surface area contributed by atoms with E-state index < -0.39 is 11.9 Å². The zero-order chi connectivity index (χ0) is 14.3. The maximum absolute atomic E-state index is 11.2. The number of rotatable bonds is 2. The fourth-order valence-electron chi connectivity index (χ4n) is 2.42. The molecule has 0 atom stereocenters. The van der Waals surface area contributed by atoms with Crippen LogP contribution >= 0.6 is 12.4 Å². The largest absolute Gasteiger partial charge is 0.478 e. The maximum Gasteiger partial charge on any atom is 0.336 e. The van der Waals surface area contributed by atoms with Crippen molar-refractivity contribution in [3.63, 3.8) is 0 Å². The minimum absolute atomic E-state index is 0. The molecular weight excluding hydrogens is 292 g/mol. The molecule has 0 aliphatic rings. The van der Waals surface area contributed by atoms with Crippen LogP contribution in [0.25, 0.3) is 21.5 Å². The Kier molecular flexibility index (Phi) is 3.82. The van der Waals surface area contributed by atoms with E-state index >= 15 is 0 Å². The number of carbonyl (C=O) groups is 2. The van der Waals surface area contributed by atoms with Crippen molar-refractivity contribution in [3.05, 3.63) is 59.7 Å². The van der Waals surface area contributed by atoms with E-state index in [4.69, 9.17) is 0 Å². The first-order chi connectivity index (χ1) is 9.58. The number of carboxylic acid groups (broad SMARTS) is 2. The van der Waals surface area contributed by atoms with E-state index in [1.807, 2.05) is 0 Å². The van der Waals surface area contributed by atoms with Gasteiger partial charge in [0, 0.05) is 0 Å². The predicted molar refractivity (Wildman–Crippen MR) is 82.6 cm³/mol. The summed E-state index contributed by atoms with van der Waals surface area (Å²) in [7, 11) is 0. The maximum atomic E-state index is 11.2. The Morgan fingerprint density at radius 2 is 1.10 bits per heavy atom. The zero-order valence-corrected chi connectivity index (χ0v) is 11.6. The van der Waals surface area contributed by atoms with Crippen molar-refractivity contribution < 1.29 is 19.8 Å². The van der Waals surface area contributed by atoms with Crippen LogP contribution in [0.15, 0.2) is 48.5 Å². The Labute approximate surface area is 126 Å². The molecular formula is C16H11ClO4. The molecule has 0 saturated heterocycles. The monoisotopic (exact) mass is 302 g/mol. The van der Waals surface area contributed by atoms with E-state index in [1.54, 1.807) is 36.4 Å². The lowest BCUT2D eigenvalue weighted by Crippen LogP contribution is -1.99. The summed E-state index contributed by atoms with van der Waals surface area (Å²) in [6.07, 6.45) is 0.